The molecule has 0 bridgehead atoms. The van der Waals surface area contributed by atoms with E-state index in [9.17, 15) is 19.4 Å². The van der Waals surface area contributed by atoms with Crippen molar-refractivity contribution >= 4 is 13.7 Å². The van der Waals surface area contributed by atoms with E-state index in [4.69, 9.17) is 9.05 Å². The number of rotatable bonds is 65. The summed E-state index contributed by atoms with van der Waals surface area (Å²) in [5.41, 5.74) is 0. The first-order chi connectivity index (χ1) is 39.5. The molecule has 0 saturated carbocycles. The number of hydrogen-bond acceptors (Lipinski definition) is 5. The van der Waals surface area contributed by atoms with Gasteiger partial charge in [-0.1, -0.05) is 325 Å². The number of aliphatic hydroxyl groups is 1. The average molecular weight is 1160 g/mol. The van der Waals surface area contributed by atoms with Gasteiger partial charge in [-0.25, -0.2) is 4.57 Å². The largest absolute Gasteiger partial charge is 0.472 e. The smallest absolute Gasteiger partial charge is 0.387 e. The molecule has 0 aromatic carbocycles. The normalized spacial score (nSPS) is 14.0. The molecule has 0 spiro atoms. The Kier molecular flexibility index (Phi) is 61.3. The highest BCUT2D eigenvalue weighted by molar-refractivity contribution is 7.47. The van der Waals surface area contributed by atoms with E-state index in [0.717, 1.165) is 51.4 Å². The fourth-order valence-corrected chi connectivity index (χ4v) is 11.2. The van der Waals surface area contributed by atoms with Crippen molar-refractivity contribution in [1.82, 2.24) is 5.32 Å². The number of carbonyl (C=O) groups excluding carboxylic acids is 1. The highest BCUT2D eigenvalue weighted by atomic mass is 31.2. The van der Waals surface area contributed by atoms with E-state index in [0.29, 0.717) is 17.4 Å². The molecule has 81 heavy (non-hydrogen) atoms. The zero-order valence-corrected chi connectivity index (χ0v) is 55.4. The van der Waals surface area contributed by atoms with Crippen LogP contribution in [0.15, 0.2) is 60.8 Å². The minimum Gasteiger partial charge on any atom is -0.387 e. The van der Waals surface area contributed by atoms with Gasteiger partial charge in [0.15, 0.2) is 0 Å². The standard InChI is InChI=1S/C72H137N2O6P/c1-6-8-10-12-14-16-18-20-22-24-26-28-30-32-34-36-38-39-41-43-45-47-49-51-53-55-57-59-61-63-65-71(75)70(69-80-81(77,78)79-68-67-74(3,4)5)73-72(76)66-64-62-60-58-56-54-52-50-48-46-44-42-40-37-35-33-31-29-27-25-23-21-19-17-15-13-11-9-7-2/h19,21,25,27,31,33,55,57,63,65,70-71,75H,6-18,20,22-24,26,28-30,32,34-54,56,58-62,64,66-69H2,1-5H3,(H-,73,76,77,78)/p+1/b21-19-,27-25-,33-31-,57-55+,65-63+. The summed E-state index contributed by atoms with van der Waals surface area (Å²) >= 11 is 0. The highest BCUT2D eigenvalue weighted by Crippen LogP contribution is 2.43. The van der Waals surface area contributed by atoms with E-state index in [1.54, 1.807) is 6.08 Å². The van der Waals surface area contributed by atoms with Crippen LogP contribution in [0, 0.1) is 0 Å². The lowest BCUT2D eigenvalue weighted by atomic mass is 10.0. The maximum Gasteiger partial charge on any atom is 0.472 e. The molecule has 0 radical (unpaired) electrons. The maximum atomic E-state index is 13.0. The van der Waals surface area contributed by atoms with Crippen molar-refractivity contribution in [2.24, 2.45) is 0 Å². The molecule has 3 atom stereocenters. The highest BCUT2D eigenvalue weighted by Gasteiger charge is 2.28. The van der Waals surface area contributed by atoms with Crippen LogP contribution < -0.4 is 5.32 Å². The predicted molar refractivity (Wildman–Crippen MR) is 355 cm³/mol. The Bertz CT molecular complexity index is 1500. The van der Waals surface area contributed by atoms with Crippen LogP contribution in [0.2, 0.25) is 0 Å². The summed E-state index contributed by atoms with van der Waals surface area (Å²) in [7, 11) is 1.56. The molecule has 0 fully saturated rings. The molecule has 0 saturated heterocycles. The first-order valence-electron chi connectivity index (χ1n) is 35.2. The second-order valence-electron chi connectivity index (χ2n) is 25.3. The van der Waals surface area contributed by atoms with Crippen molar-refractivity contribution in [2.45, 2.75) is 353 Å². The molecule has 0 aromatic heterocycles. The molecule has 1 amide bonds. The fourth-order valence-electron chi connectivity index (χ4n) is 10.5. The van der Waals surface area contributed by atoms with Crippen molar-refractivity contribution in [1.29, 1.82) is 0 Å². The molecule has 9 heteroatoms. The van der Waals surface area contributed by atoms with Crippen molar-refractivity contribution in [3.63, 3.8) is 0 Å². The number of carbonyl (C=O) groups is 1. The number of quaternary nitrogens is 1. The monoisotopic (exact) mass is 1160 g/mol. The third-order valence-electron chi connectivity index (χ3n) is 16.0. The van der Waals surface area contributed by atoms with Crippen LogP contribution in [0.5, 0.6) is 0 Å². The van der Waals surface area contributed by atoms with Gasteiger partial charge in [-0.15, -0.1) is 0 Å². The minimum absolute atomic E-state index is 0.0554. The van der Waals surface area contributed by atoms with E-state index in [1.165, 1.54) is 270 Å². The lowest BCUT2D eigenvalue weighted by molar-refractivity contribution is -0.870. The second kappa shape index (κ2) is 62.7. The second-order valence-corrected chi connectivity index (χ2v) is 26.7. The summed E-state index contributed by atoms with van der Waals surface area (Å²) in [6.45, 7) is 4.83. The number of aliphatic hydroxyl groups excluding tert-OH is 1. The molecular weight excluding hydrogens is 1020 g/mol. The topological polar surface area (TPSA) is 105 Å². The molecule has 0 aliphatic rings. The van der Waals surface area contributed by atoms with Gasteiger partial charge in [-0.3, -0.25) is 13.8 Å². The Morgan fingerprint density at radius 1 is 0.420 bits per heavy atom. The van der Waals surface area contributed by atoms with Crippen LogP contribution in [-0.4, -0.2) is 73.4 Å². The van der Waals surface area contributed by atoms with E-state index in [1.807, 2.05) is 27.2 Å². The Hall–Kier alpha value is -1.80. The molecule has 0 aliphatic heterocycles. The molecule has 3 N–H and O–H groups in total. The number of nitrogens with one attached hydrogen (secondary N) is 1. The number of phosphoric acid groups is 1. The summed E-state index contributed by atoms with van der Waals surface area (Å²) in [6, 6.07) is -0.868. The summed E-state index contributed by atoms with van der Waals surface area (Å²) in [5, 5.41) is 14.0. The Balaban J connectivity index is 4.11. The van der Waals surface area contributed by atoms with E-state index >= 15 is 0 Å². The van der Waals surface area contributed by atoms with Gasteiger partial charge in [0.2, 0.25) is 5.91 Å². The number of likely N-dealkylation sites (N-methyl/N-ethyl adjacent to an activating group) is 1. The lowest BCUT2D eigenvalue weighted by Crippen LogP contribution is -2.45. The SMILES string of the molecule is CCCCCCC/C=C\C/C=C\C/C=C\CCCCCCCCCCCCCCCCC(=O)NC(COP(=O)(O)OCC[N+](C)(C)C)C(O)/C=C/CC/C=C/CCCCCCCCCCCCCCCCCCCCCCCCCC. The molecule has 0 aliphatic carbocycles. The van der Waals surface area contributed by atoms with Gasteiger partial charge in [0.05, 0.1) is 39.9 Å². The first-order valence-corrected chi connectivity index (χ1v) is 36.7. The van der Waals surface area contributed by atoms with Crippen molar-refractivity contribution in [2.75, 3.05) is 40.9 Å². The van der Waals surface area contributed by atoms with Crippen LogP contribution in [0.4, 0.5) is 0 Å². The zero-order valence-electron chi connectivity index (χ0n) is 54.5. The van der Waals surface area contributed by atoms with Gasteiger partial charge in [0.25, 0.3) is 0 Å². The van der Waals surface area contributed by atoms with E-state index in [-0.39, 0.29) is 19.1 Å². The summed E-state index contributed by atoms with van der Waals surface area (Å²) in [4.78, 5) is 23.4. The van der Waals surface area contributed by atoms with Gasteiger partial charge < -0.3 is 19.8 Å². The van der Waals surface area contributed by atoms with Crippen LogP contribution in [0.25, 0.3) is 0 Å². The molecule has 8 nitrogen and oxygen atoms in total. The Labute approximate surface area is 504 Å². The number of hydrogen-bond donors (Lipinski definition) is 3. The van der Waals surface area contributed by atoms with Gasteiger partial charge in [-0.2, -0.15) is 0 Å². The van der Waals surface area contributed by atoms with Gasteiger partial charge in [-0.05, 0) is 70.6 Å². The number of nitrogens with zero attached hydrogens (tertiary/aromatic N) is 1. The molecule has 3 unspecified atom stereocenters. The number of unbranched alkanes of at least 4 members (excludes halogenated alkanes) is 44. The van der Waals surface area contributed by atoms with Crippen molar-refractivity contribution < 1.29 is 32.9 Å². The summed E-state index contributed by atoms with van der Waals surface area (Å²) in [5.74, 6) is -0.184. The lowest BCUT2D eigenvalue weighted by Gasteiger charge is -2.25. The Morgan fingerprint density at radius 3 is 1.07 bits per heavy atom. The summed E-state index contributed by atoms with van der Waals surface area (Å²) < 4.78 is 23.8. The number of phosphoric ester groups is 1. The fraction of sp³-hybridized carbons (Fsp3) is 0.847. The first kappa shape index (κ1) is 79.2. The third-order valence-corrected chi connectivity index (χ3v) is 16.9. The number of amides is 1. The van der Waals surface area contributed by atoms with Crippen LogP contribution >= 0.6 is 7.82 Å². The minimum atomic E-state index is -4.36. The average Bonchev–Trinajstić information content (AvgIpc) is 3.43. The molecule has 0 aromatic rings. The third kappa shape index (κ3) is 65.6. The number of allylic oxidation sites excluding steroid dienone is 9. The quantitative estimate of drug-likeness (QED) is 0.0243. The van der Waals surface area contributed by atoms with Crippen molar-refractivity contribution in [3.8, 4) is 0 Å². The Morgan fingerprint density at radius 2 is 0.716 bits per heavy atom. The van der Waals surface area contributed by atoms with Crippen LogP contribution in [0.1, 0.15) is 341 Å². The van der Waals surface area contributed by atoms with Crippen LogP contribution in [-0.2, 0) is 18.4 Å². The molecular formula is C72H138N2O6P+. The maximum absolute atomic E-state index is 13.0. The molecule has 0 heterocycles. The van der Waals surface area contributed by atoms with Gasteiger partial charge >= 0.3 is 7.82 Å². The zero-order chi connectivity index (χ0) is 59.1. The van der Waals surface area contributed by atoms with E-state index < -0.39 is 20.0 Å². The van der Waals surface area contributed by atoms with Crippen LogP contribution in [0.3, 0.4) is 0 Å². The molecule has 0 rings (SSSR count). The van der Waals surface area contributed by atoms with Crippen molar-refractivity contribution in [3.05, 3.63) is 60.8 Å². The molecule has 476 valence electrons. The van der Waals surface area contributed by atoms with Gasteiger partial charge in [0, 0.05) is 6.42 Å². The summed E-state index contributed by atoms with van der Waals surface area (Å²) in [6.07, 6.45) is 86.6. The predicted octanol–water partition coefficient (Wildman–Crippen LogP) is 22.4. The van der Waals surface area contributed by atoms with E-state index in [2.05, 4.69) is 67.8 Å². The van der Waals surface area contributed by atoms with Gasteiger partial charge in [0.1, 0.15) is 13.2 Å².